The molecule has 2 heterocycles. The number of carbonyl (C=O) groups excluding carboxylic acids is 2. The summed E-state index contributed by atoms with van der Waals surface area (Å²) in [5.74, 6) is 0.591. The average molecular weight is 537 g/mol. The minimum absolute atomic E-state index is 0.00633. The average Bonchev–Trinajstić information content (AvgIpc) is 2.89. The maximum atomic E-state index is 12.7. The number of anilines is 1. The van der Waals surface area contributed by atoms with Gasteiger partial charge in [0, 0.05) is 30.0 Å². The molecule has 1 fully saturated rings. The van der Waals surface area contributed by atoms with E-state index >= 15 is 0 Å². The predicted molar refractivity (Wildman–Crippen MR) is 148 cm³/mol. The quantitative estimate of drug-likeness (QED) is 0.348. The second kappa shape index (κ2) is 12.2. The van der Waals surface area contributed by atoms with Crippen LogP contribution in [0.25, 0.3) is 11.0 Å². The van der Waals surface area contributed by atoms with Crippen molar-refractivity contribution < 1.29 is 28.2 Å². The van der Waals surface area contributed by atoms with Gasteiger partial charge in [-0.3, -0.25) is 5.32 Å². The third kappa shape index (κ3) is 7.52. The highest BCUT2D eigenvalue weighted by molar-refractivity contribution is 5.89. The summed E-state index contributed by atoms with van der Waals surface area (Å²) in [5.41, 5.74) is 0.661. The molecule has 4 rings (SSSR count). The maximum Gasteiger partial charge on any atom is 0.412 e. The van der Waals surface area contributed by atoms with Gasteiger partial charge in [-0.05, 0) is 70.7 Å². The Morgan fingerprint density at radius 2 is 1.87 bits per heavy atom. The molecule has 0 radical (unpaired) electrons. The molecule has 1 aliphatic rings. The number of aryl methyl sites for hydroxylation is 1. The molecule has 0 spiro atoms. The first-order valence-corrected chi connectivity index (χ1v) is 13.3. The molecule has 1 atom stereocenters. The van der Waals surface area contributed by atoms with Crippen LogP contribution in [0.5, 0.6) is 5.75 Å². The summed E-state index contributed by atoms with van der Waals surface area (Å²) in [6, 6.07) is 14.4. The fourth-order valence-corrected chi connectivity index (χ4v) is 4.58. The molecular formula is C30H36N2O7. The van der Waals surface area contributed by atoms with Crippen molar-refractivity contribution in [2.75, 3.05) is 18.5 Å². The molecule has 1 aliphatic heterocycles. The smallest absolute Gasteiger partial charge is 0.412 e. The van der Waals surface area contributed by atoms with Gasteiger partial charge in [0.05, 0.1) is 6.61 Å². The lowest BCUT2D eigenvalue weighted by atomic mass is 10.0. The highest BCUT2D eigenvalue weighted by Crippen LogP contribution is 2.29. The fraction of sp³-hybridized carbons (Fsp3) is 0.433. The molecule has 0 aliphatic carbocycles. The Kier molecular flexibility index (Phi) is 8.79. The van der Waals surface area contributed by atoms with Gasteiger partial charge in [-0.2, -0.15) is 0 Å². The van der Waals surface area contributed by atoms with E-state index in [1.54, 1.807) is 12.1 Å². The molecule has 0 bridgehead atoms. The number of hydrogen-bond donors (Lipinski definition) is 1. The van der Waals surface area contributed by atoms with Crippen LogP contribution in [-0.2, 0) is 16.1 Å². The number of nitrogens with zero attached hydrogens (tertiary/aromatic N) is 1. The van der Waals surface area contributed by atoms with Gasteiger partial charge in [0.25, 0.3) is 0 Å². The lowest BCUT2D eigenvalue weighted by molar-refractivity contribution is 0.00742. The van der Waals surface area contributed by atoms with E-state index in [2.05, 4.69) is 5.32 Å². The zero-order valence-corrected chi connectivity index (χ0v) is 23.0. The zero-order chi connectivity index (χ0) is 28.0. The van der Waals surface area contributed by atoms with Crippen LogP contribution in [0, 0.1) is 6.92 Å². The second-order valence-electron chi connectivity index (χ2n) is 10.7. The summed E-state index contributed by atoms with van der Waals surface area (Å²) < 4.78 is 22.4. The number of hydrogen-bond acceptors (Lipinski definition) is 7. The lowest BCUT2D eigenvalue weighted by Crippen LogP contribution is -2.46. The first-order chi connectivity index (χ1) is 18.6. The van der Waals surface area contributed by atoms with Crippen molar-refractivity contribution in [1.82, 2.24) is 4.90 Å². The molecule has 1 N–H and O–H groups in total. The van der Waals surface area contributed by atoms with Gasteiger partial charge in [0.15, 0.2) is 0 Å². The number of fused-ring (bicyclic) bond motifs is 1. The Bertz CT molecular complexity index is 1360. The summed E-state index contributed by atoms with van der Waals surface area (Å²) >= 11 is 0. The van der Waals surface area contributed by atoms with Crippen molar-refractivity contribution in [2.24, 2.45) is 0 Å². The number of rotatable bonds is 7. The van der Waals surface area contributed by atoms with Crippen molar-refractivity contribution in [3.8, 4) is 5.75 Å². The second-order valence-corrected chi connectivity index (χ2v) is 10.7. The molecule has 2 amide bonds. The van der Waals surface area contributed by atoms with Gasteiger partial charge in [0.2, 0.25) is 0 Å². The van der Waals surface area contributed by atoms with Gasteiger partial charge in [0.1, 0.15) is 29.2 Å². The van der Waals surface area contributed by atoms with Crippen LogP contribution >= 0.6 is 0 Å². The zero-order valence-electron chi connectivity index (χ0n) is 23.0. The van der Waals surface area contributed by atoms with E-state index in [-0.39, 0.29) is 24.4 Å². The Hall–Kier alpha value is -4.01. The van der Waals surface area contributed by atoms with E-state index in [9.17, 15) is 14.4 Å². The van der Waals surface area contributed by atoms with Crippen LogP contribution in [0.4, 0.5) is 15.3 Å². The largest absolute Gasteiger partial charge is 0.493 e. The Balaban J connectivity index is 1.38. The van der Waals surface area contributed by atoms with Crippen LogP contribution in [0.2, 0.25) is 0 Å². The van der Waals surface area contributed by atoms with Gasteiger partial charge in [-0.25, -0.2) is 14.4 Å². The molecule has 208 valence electrons. The number of amides is 2. The molecule has 1 saturated heterocycles. The Morgan fingerprint density at radius 1 is 1.10 bits per heavy atom. The molecular weight excluding hydrogens is 500 g/mol. The lowest BCUT2D eigenvalue weighted by Gasteiger charge is -2.36. The van der Waals surface area contributed by atoms with E-state index in [1.807, 2.05) is 69.0 Å². The van der Waals surface area contributed by atoms with Gasteiger partial charge in [-0.15, -0.1) is 0 Å². The third-order valence-electron chi connectivity index (χ3n) is 6.51. The Labute approximate surface area is 228 Å². The third-order valence-corrected chi connectivity index (χ3v) is 6.51. The SMILES string of the molecule is Cc1c(OCCC2CCCCN2C(=O)OC(C)(C)C)ccc2cc(NC(=O)OCc3ccccc3)c(=O)oc12. The number of nitrogens with one attached hydrogen (secondary N) is 1. The number of ether oxygens (including phenoxy) is 3. The molecule has 9 nitrogen and oxygen atoms in total. The molecule has 2 aromatic carbocycles. The molecule has 1 unspecified atom stereocenters. The number of likely N-dealkylation sites (tertiary alicyclic amines) is 1. The monoisotopic (exact) mass is 536 g/mol. The van der Waals surface area contributed by atoms with Crippen LogP contribution in [0.3, 0.4) is 0 Å². The van der Waals surface area contributed by atoms with Gasteiger partial charge < -0.3 is 23.5 Å². The van der Waals surface area contributed by atoms with Gasteiger partial charge >= 0.3 is 17.8 Å². The number of piperidine rings is 1. The number of carbonyl (C=O) groups is 2. The van der Waals surface area contributed by atoms with Crippen molar-refractivity contribution in [3.63, 3.8) is 0 Å². The van der Waals surface area contributed by atoms with Crippen molar-refractivity contribution in [1.29, 1.82) is 0 Å². The first-order valence-electron chi connectivity index (χ1n) is 13.3. The molecule has 39 heavy (non-hydrogen) atoms. The van der Waals surface area contributed by atoms with Crippen LogP contribution in [0.15, 0.2) is 57.7 Å². The summed E-state index contributed by atoms with van der Waals surface area (Å²) in [6.07, 6.45) is 2.54. The summed E-state index contributed by atoms with van der Waals surface area (Å²) in [5, 5.41) is 3.10. The summed E-state index contributed by atoms with van der Waals surface area (Å²) in [6.45, 7) is 8.57. The standard InChI is InChI=1S/C30H36N2O7/c1-20-25(36-17-15-23-12-8-9-16-32(23)29(35)39-30(2,3)4)14-13-22-18-24(27(33)38-26(20)22)31-28(34)37-19-21-10-6-5-7-11-21/h5-7,10-11,13-14,18,23H,8-9,12,15-17,19H2,1-4H3,(H,31,34). The van der Waals surface area contributed by atoms with E-state index < -0.39 is 17.3 Å². The van der Waals surface area contributed by atoms with E-state index in [0.29, 0.717) is 41.9 Å². The van der Waals surface area contributed by atoms with Crippen LogP contribution in [0.1, 0.15) is 57.6 Å². The maximum absolute atomic E-state index is 12.7. The highest BCUT2D eigenvalue weighted by atomic mass is 16.6. The van der Waals surface area contributed by atoms with Crippen molar-refractivity contribution >= 4 is 28.8 Å². The van der Waals surface area contributed by atoms with Crippen LogP contribution in [-0.4, -0.2) is 41.9 Å². The van der Waals surface area contributed by atoms with Crippen molar-refractivity contribution in [2.45, 2.75) is 71.6 Å². The van der Waals surface area contributed by atoms with Crippen molar-refractivity contribution in [3.05, 3.63) is 70.1 Å². The normalized spacial score (nSPS) is 15.6. The number of benzene rings is 2. The minimum Gasteiger partial charge on any atom is -0.493 e. The molecule has 3 aromatic rings. The minimum atomic E-state index is -0.745. The van der Waals surface area contributed by atoms with E-state index in [0.717, 1.165) is 24.8 Å². The Morgan fingerprint density at radius 3 is 2.62 bits per heavy atom. The summed E-state index contributed by atoms with van der Waals surface area (Å²) in [4.78, 5) is 39.3. The predicted octanol–water partition coefficient (Wildman–Crippen LogP) is 6.41. The molecule has 1 aromatic heterocycles. The highest BCUT2D eigenvalue weighted by Gasteiger charge is 2.30. The first kappa shape index (κ1) is 28.0. The van der Waals surface area contributed by atoms with Gasteiger partial charge in [-0.1, -0.05) is 30.3 Å². The summed E-state index contributed by atoms with van der Waals surface area (Å²) in [7, 11) is 0. The molecule has 9 heteroatoms. The van der Waals surface area contributed by atoms with E-state index in [1.165, 1.54) is 0 Å². The molecule has 0 saturated carbocycles. The van der Waals surface area contributed by atoms with E-state index in [4.69, 9.17) is 18.6 Å². The fourth-order valence-electron chi connectivity index (χ4n) is 4.58. The van der Waals surface area contributed by atoms with Crippen LogP contribution < -0.4 is 15.7 Å². The topological polar surface area (TPSA) is 107 Å².